The Morgan fingerprint density at radius 2 is 2.10 bits per heavy atom. The third kappa shape index (κ3) is 2.93. The van der Waals surface area contributed by atoms with Crippen LogP contribution in [0, 0.1) is 5.41 Å². The summed E-state index contributed by atoms with van der Waals surface area (Å²) in [6.07, 6.45) is 1.04. The summed E-state index contributed by atoms with van der Waals surface area (Å²) in [5, 5.41) is 9.41. The highest BCUT2D eigenvalue weighted by atomic mass is 16.5. The lowest BCUT2D eigenvalue weighted by molar-refractivity contribution is -0.148. The van der Waals surface area contributed by atoms with Gasteiger partial charge in [-0.15, -0.1) is 0 Å². The van der Waals surface area contributed by atoms with Gasteiger partial charge in [0.05, 0.1) is 12.0 Å². The number of nitrogens with zero attached hydrogens (tertiary/aromatic N) is 1. The molecule has 1 aromatic rings. The van der Waals surface area contributed by atoms with E-state index in [9.17, 15) is 14.7 Å². The van der Waals surface area contributed by atoms with Crippen molar-refractivity contribution in [3.8, 4) is 0 Å². The van der Waals surface area contributed by atoms with E-state index in [2.05, 4.69) is 0 Å². The Bertz CT molecular complexity index is 543. The molecule has 1 aliphatic heterocycles. The van der Waals surface area contributed by atoms with E-state index >= 15 is 0 Å². The molecule has 1 aliphatic rings. The zero-order chi connectivity index (χ0) is 15.5. The van der Waals surface area contributed by atoms with E-state index < -0.39 is 11.4 Å². The maximum Gasteiger partial charge on any atom is 0.311 e. The van der Waals surface area contributed by atoms with Crippen LogP contribution in [0.1, 0.15) is 35.7 Å². The van der Waals surface area contributed by atoms with E-state index in [0.29, 0.717) is 31.6 Å². The number of carboxylic acid groups (broad SMARTS) is 1. The number of aliphatic carboxylic acids is 1. The van der Waals surface area contributed by atoms with Gasteiger partial charge in [0, 0.05) is 25.8 Å². The van der Waals surface area contributed by atoms with E-state index in [1.54, 1.807) is 18.1 Å². The Morgan fingerprint density at radius 3 is 2.67 bits per heavy atom. The number of hydrogen-bond acceptors (Lipinski definition) is 3. The number of likely N-dealkylation sites (tertiary alicyclic amines) is 1. The van der Waals surface area contributed by atoms with Gasteiger partial charge in [-0.2, -0.15) is 0 Å². The SMILES string of the molecule is CCC1(C(=O)O)CCN(C(=O)c2ccccc2COC)C1. The maximum absolute atomic E-state index is 12.6. The minimum Gasteiger partial charge on any atom is -0.481 e. The van der Waals surface area contributed by atoms with Crippen molar-refractivity contribution in [2.24, 2.45) is 5.41 Å². The Hall–Kier alpha value is -1.88. The summed E-state index contributed by atoms with van der Waals surface area (Å²) in [7, 11) is 1.59. The lowest BCUT2D eigenvalue weighted by Crippen LogP contribution is -2.36. The van der Waals surface area contributed by atoms with Crippen molar-refractivity contribution in [2.75, 3.05) is 20.2 Å². The van der Waals surface area contributed by atoms with Gasteiger partial charge in [0.1, 0.15) is 0 Å². The van der Waals surface area contributed by atoms with Gasteiger partial charge < -0.3 is 14.7 Å². The van der Waals surface area contributed by atoms with Gasteiger partial charge in [-0.1, -0.05) is 25.1 Å². The molecule has 5 nitrogen and oxygen atoms in total. The van der Waals surface area contributed by atoms with Crippen LogP contribution >= 0.6 is 0 Å². The number of carbonyl (C=O) groups excluding carboxylic acids is 1. The minimum absolute atomic E-state index is 0.112. The molecule has 0 spiro atoms. The van der Waals surface area contributed by atoms with Crippen molar-refractivity contribution >= 4 is 11.9 Å². The predicted molar refractivity (Wildman–Crippen MR) is 78.0 cm³/mol. The largest absolute Gasteiger partial charge is 0.481 e. The molecule has 1 aromatic carbocycles. The van der Waals surface area contributed by atoms with Crippen LogP contribution in [0.15, 0.2) is 24.3 Å². The number of amides is 1. The van der Waals surface area contributed by atoms with Crippen LogP contribution in [0.3, 0.4) is 0 Å². The molecule has 1 fully saturated rings. The standard InChI is InChI=1S/C16H21NO4/c1-3-16(15(19)20)8-9-17(11-16)14(18)13-7-5-4-6-12(13)10-21-2/h4-7H,3,8-11H2,1-2H3,(H,19,20). The second-order valence-corrected chi connectivity index (χ2v) is 5.51. The molecular formula is C16H21NO4. The van der Waals surface area contributed by atoms with Crippen LogP contribution in [0.5, 0.6) is 0 Å². The number of carbonyl (C=O) groups is 2. The zero-order valence-electron chi connectivity index (χ0n) is 12.5. The molecule has 0 radical (unpaired) electrons. The topological polar surface area (TPSA) is 66.8 Å². The van der Waals surface area contributed by atoms with Crippen molar-refractivity contribution in [1.29, 1.82) is 0 Å². The van der Waals surface area contributed by atoms with E-state index in [1.165, 1.54) is 0 Å². The van der Waals surface area contributed by atoms with Crippen molar-refractivity contribution in [1.82, 2.24) is 4.90 Å². The zero-order valence-corrected chi connectivity index (χ0v) is 12.5. The summed E-state index contributed by atoms with van der Waals surface area (Å²) >= 11 is 0. The van der Waals surface area contributed by atoms with Crippen molar-refractivity contribution in [2.45, 2.75) is 26.4 Å². The first-order valence-electron chi connectivity index (χ1n) is 7.13. The number of rotatable bonds is 5. The van der Waals surface area contributed by atoms with Gasteiger partial charge in [0.2, 0.25) is 0 Å². The number of ether oxygens (including phenoxy) is 1. The molecule has 0 saturated carbocycles. The average molecular weight is 291 g/mol. The fourth-order valence-electron chi connectivity index (χ4n) is 2.84. The van der Waals surface area contributed by atoms with Gasteiger partial charge in [-0.25, -0.2) is 0 Å². The average Bonchev–Trinajstić information content (AvgIpc) is 2.93. The summed E-state index contributed by atoms with van der Waals surface area (Å²) in [6.45, 7) is 2.99. The fraction of sp³-hybridized carbons (Fsp3) is 0.500. The highest BCUT2D eigenvalue weighted by Crippen LogP contribution is 2.35. The lowest BCUT2D eigenvalue weighted by atomic mass is 9.84. The summed E-state index contributed by atoms with van der Waals surface area (Å²) in [6, 6.07) is 7.30. The first-order valence-corrected chi connectivity index (χ1v) is 7.13. The number of benzene rings is 1. The third-order valence-electron chi connectivity index (χ3n) is 4.32. The first-order chi connectivity index (χ1) is 10.0. The molecular weight excluding hydrogens is 270 g/mol. The van der Waals surface area contributed by atoms with Crippen LogP contribution in [0.4, 0.5) is 0 Å². The quantitative estimate of drug-likeness (QED) is 0.902. The summed E-state index contributed by atoms with van der Waals surface area (Å²) < 4.78 is 5.12. The lowest BCUT2D eigenvalue weighted by Gasteiger charge is -2.23. The monoisotopic (exact) mass is 291 g/mol. The Balaban J connectivity index is 2.21. The Kier molecular flexibility index (Phi) is 4.63. The van der Waals surface area contributed by atoms with Gasteiger partial charge in [-0.3, -0.25) is 9.59 Å². The normalized spacial score (nSPS) is 21.5. The second kappa shape index (κ2) is 6.26. The number of hydrogen-bond donors (Lipinski definition) is 1. The van der Waals surface area contributed by atoms with Crippen LogP contribution < -0.4 is 0 Å². The van der Waals surface area contributed by atoms with E-state index in [1.807, 2.05) is 25.1 Å². The second-order valence-electron chi connectivity index (χ2n) is 5.51. The number of methoxy groups -OCH3 is 1. The predicted octanol–water partition coefficient (Wildman–Crippen LogP) is 2.16. The van der Waals surface area contributed by atoms with Gasteiger partial charge in [-0.05, 0) is 24.5 Å². The highest BCUT2D eigenvalue weighted by Gasteiger charge is 2.45. The molecule has 1 atom stereocenters. The molecule has 1 unspecified atom stereocenters. The van der Waals surface area contributed by atoms with Crippen LogP contribution in [-0.4, -0.2) is 42.1 Å². The van der Waals surface area contributed by atoms with Crippen LogP contribution in [-0.2, 0) is 16.1 Å². The molecule has 0 aliphatic carbocycles. The summed E-state index contributed by atoms with van der Waals surface area (Å²) in [4.78, 5) is 25.8. The molecule has 1 N–H and O–H groups in total. The summed E-state index contributed by atoms with van der Waals surface area (Å²) in [5.41, 5.74) is 0.622. The molecule has 5 heteroatoms. The summed E-state index contributed by atoms with van der Waals surface area (Å²) in [5.74, 6) is -0.926. The number of carboxylic acids is 1. The minimum atomic E-state index is -0.814. The van der Waals surface area contributed by atoms with E-state index in [-0.39, 0.29) is 12.5 Å². The van der Waals surface area contributed by atoms with Gasteiger partial charge in [0.15, 0.2) is 0 Å². The van der Waals surface area contributed by atoms with Gasteiger partial charge in [0.25, 0.3) is 5.91 Å². The van der Waals surface area contributed by atoms with Crippen molar-refractivity contribution < 1.29 is 19.4 Å². The third-order valence-corrected chi connectivity index (χ3v) is 4.32. The van der Waals surface area contributed by atoms with Crippen molar-refractivity contribution in [3.05, 3.63) is 35.4 Å². The smallest absolute Gasteiger partial charge is 0.311 e. The molecule has 114 valence electrons. The highest BCUT2D eigenvalue weighted by molar-refractivity contribution is 5.96. The Morgan fingerprint density at radius 1 is 1.38 bits per heavy atom. The van der Waals surface area contributed by atoms with Crippen molar-refractivity contribution in [3.63, 3.8) is 0 Å². The molecule has 0 bridgehead atoms. The first kappa shape index (κ1) is 15.5. The fourth-order valence-corrected chi connectivity index (χ4v) is 2.84. The molecule has 2 rings (SSSR count). The molecule has 1 saturated heterocycles. The van der Waals surface area contributed by atoms with E-state index in [0.717, 1.165) is 5.56 Å². The Labute approximate surface area is 124 Å². The molecule has 1 amide bonds. The molecule has 21 heavy (non-hydrogen) atoms. The molecule has 0 aromatic heterocycles. The van der Waals surface area contributed by atoms with Crippen LogP contribution in [0.25, 0.3) is 0 Å². The van der Waals surface area contributed by atoms with Crippen LogP contribution in [0.2, 0.25) is 0 Å². The van der Waals surface area contributed by atoms with Gasteiger partial charge >= 0.3 is 5.97 Å². The maximum atomic E-state index is 12.6. The molecule has 1 heterocycles. The van der Waals surface area contributed by atoms with E-state index in [4.69, 9.17) is 4.74 Å².